The summed E-state index contributed by atoms with van der Waals surface area (Å²) >= 11 is 3.81. The maximum Gasteiger partial charge on any atom is 0.0745 e. The SMILES string of the molecule is C1=Cc2c(n(-c3ccccc3)c3c(-c4ccc5c(c4)C4(c6ccccc6Sc6ccc(-c7ccccc7)cc64)c4ccccc4S5)cccc23)CC1. The number of fused-ring (bicyclic) bond motifs is 11. The predicted octanol–water partition coefficient (Wildman–Crippen LogP) is 13.2. The molecule has 1 unspecified atom stereocenters. The van der Waals surface area contributed by atoms with Crippen LogP contribution in [0.1, 0.15) is 39.9 Å². The Kier molecular flexibility index (Phi) is 6.83. The van der Waals surface area contributed by atoms with Gasteiger partial charge in [0, 0.05) is 47.5 Å². The summed E-state index contributed by atoms with van der Waals surface area (Å²) in [4.78, 5) is 5.27. The molecular formula is C49H33NS2. The van der Waals surface area contributed by atoms with Crippen molar-refractivity contribution >= 4 is 40.5 Å². The van der Waals surface area contributed by atoms with E-state index in [1.54, 1.807) is 0 Å². The fourth-order valence-electron chi connectivity index (χ4n) is 9.00. The number of hydrogen-bond donors (Lipinski definition) is 0. The molecule has 0 fully saturated rings. The maximum absolute atomic E-state index is 2.54. The number of hydrogen-bond acceptors (Lipinski definition) is 2. The van der Waals surface area contributed by atoms with Crippen molar-refractivity contribution in [2.75, 3.05) is 0 Å². The highest BCUT2D eigenvalue weighted by atomic mass is 32.2. The minimum Gasteiger partial charge on any atom is -0.312 e. The Balaban J connectivity index is 1.23. The van der Waals surface area contributed by atoms with Gasteiger partial charge in [-0.1, -0.05) is 151 Å². The smallest absolute Gasteiger partial charge is 0.0745 e. The molecule has 0 amide bonds. The molecule has 3 heteroatoms. The summed E-state index contributed by atoms with van der Waals surface area (Å²) in [6.45, 7) is 0. The molecule has 0 saturated heterocycles. The van der Waals surface area contributed by atoms with Gasteiger partial charge in [-0.2, -0.15) is 0 Å². The topological polar surface area (TPSA) is 4.93 Å². The molecule has 246 valence electrons. The lowest BCUT2D eigenvalue weighted by molar-refractivity contribution is 0.668. The van der Waals surface area contributed by atoms with E-state index < -0.39 is 5.41 Å². The number of benzene rings is 7. The zero-order valence-corrected chi connectivity index (χ0v) is 30.1. The molecule has 2 aliphatic heterocycles. The van der Waals surface area contributed by atoms with Crippen molar-refractivity contribution in [2.45, 2.75) is 37.8 Å². The lowest BCUT2D eigenvalue weighted by Crippen LogP contribution is -2.36. The zero-order chi connectivity index (χ0) is 34.2. The molecule has 7 aromatic carbocycles. The lowest BCUT2D eigenvalue weighted by atomic mass is 9.64. The molecule has 1 nitrogen and oxygen atoms in total. The molecule has 8 aromatic rings. The highest BCUT2D eigenvalue weighted by Gasteiger charge is 2.49. The summed E-state index contributed by atoms with van der Waals surface area (Å²) in [6.07, 6.45) is 6.77. The van der Waals surface area contributed by atoms with Crippen LogP contribution in [0.25, 0.3) is 44.9 Å². The fraction of sp³-hybridized carbons (Fsp3) is 0.0612. The largest absolute Gasteiger partial charge is 0.312 e. The number of para-hydroxylation sites is 2. The minimum atomic E-state index is -0.494. The third-order valence-electron chi connectivity index (χ3n) is 11.2. The van der Waals surface area contributed by atoms with Crippen LogP contribution >= 0.6 is 23.5 Å². The van der Waals surface area contributed by atoms with E-state index in [0.29, 0.717) is 0 Å². The molecule has 52 heavy (non-hydrogen) atoms. The third kappa shape index (κ3) is 4.33. The van der Waals surface area contributed by atoms with Gasteiger partial charge >= 0.3 is 0 Å². The van der Waals surface area contributed by atoms with Crippen molar-refractivity contribution in [3.63, 3.8) is 0 Å². The number of allylic oxidation sites excluding steroid dienone is 1. The molecule has 1 aromatic heterocycles. The van der Waals surface area contributed by atoms with E-state index in [1.165, 1.54) is 91.9 Å². The van der Waals surface area contributed by atoms with Crippen LogP contribution in [0.15, 0.2) is 189 Å². The molecule has 0 saturated carbocycles. The summed E-state index contributed by atoms with van der Waals surface area (Å²) in [5, 5.41) is 1.32. The Hall–Kier alpha value is -5.48. The van der Waals surface area contributed by atoms with E-state index in [9.17, 15) is 0 Å². The molecule has 1 spiro atoms. The third-order valence-corrected chi connectivity index (χ3v) is 13.5. The quantitative estimate of drug-likeness (QED) is 0.181. The summed E-state index contributed by atoms with van der Waals surface area (Å²) in [6, 6.07) is 61.4. The van der Waals surface area contributed by atoms with Crippen molar-refractivity contribution in [3.8, 4) is 27.9 Å². The van der Waals surface area contributed by atoms with Crippen LogP contribution in [-0.2, 0) is 11.8 Å². The van der Waals surface area contributed by atoms with E-state index in [0.717, 1.165) is 12.8 Å². The van der Waals surface area contributed by atoms with Crippen LogP contribution in [0.5, 0.6) is 0 Å². The normalized spacial score (nSPS) is 16.5. The number of aromatic nitrogens is 1. The minimum absolute atomic E-state index is 0.494. The van der Waals surface area contributed by atoms with E-state index >= 15 is 0 Å². The monoisotopic (exact) mass is 699 g/mol. The van der Waals surface area contributed by atoms with Gasteiger partial charge < -0.3 is 4.57 Å². The molecule has 1 aliphatic carbocycles. The second-order valence-electron chi connectivity index (χ2n) is 13.9. The molecular weight excluding hydrogens is 667 g/mol. The van der Waals surface area contributed by atoms with Gasteiger partial charge in [0.2, 0.25) is 0 Å². The number of rotatable bonds is 3. The van der Waals surface area contributed by atoms with Crippen LogP contribution in [0.3, 0.4) is 0 Å². The van der Waals surface area contributed by atoms with Gasteiger partial charge in [0.1, 0.15) is 0 Å². The van der Waals surface area contributed by atoms with Gasteiger partial charge in [0.25, 0.3) is 0 Å². The molecule has 11 rings (SSSR count). The Labute approximate surface area is 312 Å². The predicted molar refractivity (Wildman–Crippen MR) is 218 cm³/mol. The van der Waals surface area contributed by atoms with Gasteiger partial charge in [-0.25, -0.2) is 0 Å². The second kappa shape index (κ2) is 11.8. The zero-order valence-electron chi connectivity index (χ0n) is 28.4. The molecule has 0 N–H and O–H groups in total. The Morgan fingerprint density at radius 2 is 1.08 bits per heavy atom. The van der Waals surface area contributed by atoms with Crippen LogP contribution in [0, 0.1) is 0 Å². The standard InChI is InChI=1S/C49H33NS2/c1-3-14-32(15-4-1)33-26-28-46-41(30-33)49(39-21-8-11-24-44(39)51-46)40-22-9-12-25-45(40)52-47-29-27-34(31-42(47)49)36-19-13-20-38-37-18-7-10-23-43(37)50(48(36)38)35-16-5-2-6-17-35/h1-9,11-22,24-31H,10,23H2. The van der Waals surface area contributed by atoms with E-state index in [-0.39, 0.29) is 0 Å². The summed E-state index contributed by atoms with van der Waals surface area (Å²) in [5.74, 6) is 0. The molecule has 0 bridgehead atoms. The van der Waals surface area contributed by atoms with Crippen molar-refractivity contribution in [2.24, 2.45) is 0 Å². The first kappa shape index (κ1) is 30.2. The van der Waals surface area contributed by atoms with Crippen molar-refractivity contribution in [1.82, 2.24) is 4.57 Å². The van der Waals surface area contributed by atoms with Crippen molar-refractivity contribution in [1.29, 1.82) is 0 Å². The first-order valence-corrected chi connectivity index (χ1v) is 19.7. The van der Waals surface area contributed by atoms with Gasteiger partial charge in [0.15, 0.2) is 0 Å². The fourth-order valence-corrected chi connectivity index (χ4v) is 11.3. The van der Waals surface area contributed by atoms with Gasteiger partial charge in [-0.15, -0.1) is 0 Å². The van der Waals surface area contributed by atoms with Gasteiger partial charge in [0.05, 0.1) is 10.9 Å². The average Bonchev–Trinajstić information content (AvgIpc) is 3.56. The summed E-state index contributed by atoms with van der Waals surface area (Å²) < 4.78 is 2.54. The Bertz CT molecular complexity index is 2700. The van der Waals surface area contributed by atoms with Crippen LogP contribution < -0.4 is 0 Å². The Morgan fingerprint density at radius 3 is 1.79 bits per heavy atom. The van der Waals surface area contributed by atoms with E-state index in [4.69, 9.17) is 0 Å². The van der Waals surface area contributed by atoms with Gasteiger partial charge in [-0.05, 0) is 100 Å². The first-order chi connectivity index (χ1) is 25.8. The summed E-state index contributed by atoms with van der Waals surface area (Å²) in [5.41, 5.74) is 15.2. The highest BCUT2D eigenvalue weighted by Crippen LogP contribution is 2.62. The first-order valence-electron chi connectivity index (χ1n) is 18.1. The maximum atomic E-state index is 2.54. The second-order valence-corrected chi connectivity index (χ2v) is 16.1. The number of nitrogens with zero attached hydrogens (tertiary/aromatic N) is 1. The van der Waals surface area contributed by atoms with Crippen LogP contribution in [0.2, 0.25) is 0 Å². The van der Waals surface area contributed by atoms with Crippen molar-refractivity contribution < 1.29 is 0 Å². The molecule has 0 radical (unpaired) electrons. The summed E-state index contributed by atoms with van der Waals surface area (Å²) in [7, 11) is 0. The van der Waals surface area contributed by atoms with Crippen LogP contribution in [0.4, 0.5) is 0 Å². The van der Waals surface area contributed by atoms with Gasteiger partial charge in [-0.3, -0.25) is 0 Å². The molecule has 3 aliphatic rings. The highest BCUT2D eigenvalue weighted by molar-refractivity contribution is 8.00. The Morgan fingerprint density at radius 1 is 0.481 bits per heavy atom. The van der Waals surface area contributed by atoms with Crippen molar-refractivity contribution in [3.05, 3.63) is 203 Å². The molecule has 1 atom stereocenters. The lowest BCUT2D eigenvalue weighted by Gasteiger charge is -2.46. The van der Waals surface area contributed by atoms with E-state index in [1.807, 2.05) is 23.5 Å². The van der Waals surface area contributed by atoms with E-state index in [2.05, 4.69) is 181 Å². The average molecular weight is 700 g/mol. The molecule has 3 heterocycles. The van der Waals surface area contributed by atoms with Crippen LogP contribution in [-0.4, -0.2) is 4.57 Å².